The minimum Gasteiger partial charge on any atom is -0.382 e. The highest BCUT2D eigenvalue weighted by molar-refractivity contribution is 8.00. The van der Waals surface area contributed by atoms with Gasteiger partial charge in [0.15, 0.2) is 0 Å². The highest BCUT2D eigenvalue weighted by Crippen LogP contribution is 2.25. The number of hydrogen-bond donors (Lipinski definition) is 1. The second-order valence-electron chi connectivity index (χ2n) is 4.22. The molecular formula is C11H18N4S. The third-order valence-corrected chi connectivity index (χ3v) is 4.44. The second kappa shape index (κ2) is 5.01. The van der Waals surface area contributed by atoms with E-state index >= 15 is 0 Å². The molecule has 88 valence electrons. The van der Waals surface area contributed by atoms with Crippen molar-refractivity contribution >= 4 is 17.6 Å². The number of nitrogen functional groups attached to an aromatic ring is 1. The molecule has 2 rings (SSSR count). The van der Waals surface area contributed by atoms with E-state index in [0.29, 0.717) is 17.1 Å². The van der Waals surface area contributed by atoms with Crippen molar-refractivity contribution in [3.8, 4) is 0 Å². The predicted molar refractivity (Wildman–Crippen MR) is 68.2 cm³/mol. The predicted octanol–water partition coefficient (Wildman–Crippen LogP) is 1.38. The fourth-order valence-corrected chi connectivity index (χ4v) is 3.04. The molecule has 16 heavy (non-hydrogen) atoms. The molecule has 0 radical (unpaired) electrons. The van der Waals surface area contributed by atoms with Crippen LogP contribution in [0.2, 0.25) is 0 Å². The van der Waals surface area contributed by atoms with Crippen LogP contribution >= 0.6 is 11.8 Å². The van der Waals surface area contributed by atoms with E-state index in [-0.39, 0.29) is 0 Å². The molecule has 0 aliphatic carbocycles. The Kier molecular flexibility index (Phi) is 3.66. The van der Waals surface area contributed by atoms with Crippen LogP contribution in [0.5, 0.6) is 0 Å². The molecule has 4 nitrogen and oxygen atoms in total. The molecule has 2 atom stereocenters. The summed E-state index contributed by atoms with van der Waals surface area (Å²) in [4.78, 5) is 10.8. The third kappa shape index (κ3) is 2.65. The van der Waals surface area contributed by atoms with Gasteiger partial charge in [-0.15, -0.1) is 0 Å². The van der Waals surface area contributed by atoms with Crippen molar-refractivity contribution in [1.29, 1.82) is 0 Å². The number of hydrogen-bond acceptors (Lipinski definition) is 5. The zero-order chi connectivity index (χ0) is 11.5. The minimum atomic E-state index is 0.486. The zero-order valence-electron chi connectivity index (χ0n) is 9.76. The van der Waals surface area contributed by atoms with Crippen molar-refractivity contribution in [1.82, 2.24) is 14.9 Å². The maximum Gasteiger partial charge on any atom is 0.141 e. The van der Waals surface area contributed by atoms with Crippen LogP contribution in [0, 0.1) is 0 Å². The largest absolute Gasteiger partial charge is 0.382 e. The maximum atomic E-state index is 5.52. The van der Waals surface area contributed by atoms with Crippen LogP contribution in [0.1, 0.15) is 19.5 Å². The number of nitrogens with zero attached hydrogens (tertiary/aromatic N) is 3. The van der Waals surface area contributed by atoms with Crippen molar-refractivity contribution in [2.75, 3.05) is 18.0 Å². The molecular weight excluding hydrogens is 220 g/mol. The average Bonchev–Trinajstić information content (AvgIpc) is 2.28. The van der Waals surface area contributed by atoms with Crippen LogP contribution in [-0.2, 0) is 6.54 Å². The normalized spacial score (nSPS) is 26.9. The van der Waals surface area contributed by atoms with Gasteiger partial charge in [0.05, 0.1) is 18.1 Å². The Balaban J connectivity index is 2.00. The standard InChI is InChI=1S/C11H18N4S/c1-8-9(2)16-4-3-15(8)7-10-5-14-11(12)6-13-10/h5-6,8-9H,3-4,7H2,1-2H3,(H2,12,14). The summed E-state index contributed by atoms with van der Waals surface area (Å²) in [5.41, 5.74) is 6.52. The third-order valence-electron chi connectivity index (χ3n) is 3.10. The van der Waals surface area contributed by atoms with Crippen LogP contribution in [-0.4, -0.2) is 38.5 Å². The first-order valence-corrected chi connectivity index (χ1v) is 6.64. The summed E-state index contributed by atoms with van der Waals surface area (Å²) in [7, 11) is 0. The molecule has 2 N–H and O–H groups in total. The van der Waals surface area contributed by atoms with Crippen molar-refractivity contribution < 1.29 is 0 Å². The lowest BCUT2D eigenvalue weighted by atomic mass is 10.2. The van der Waals surface area contributed by atoms with E-state index < -0.39 is 0 Å². The molecule has 0 spiro atoms. The molecule has 1 aliphatic heterocycles. The van der Waals surface area contributed by atoms with Crippen LogP contribution in [0.3, 0.4) is 0 Å². The van der Waals surface area contributed by atoms with Crippen molar-refractivity contribution in [2.24, 2.45) is 0 Å². The number of rotatable bonds is 2. The van der Waals surface area contributed by atoms with Gasteiger partial charge >= 0.3 is 0 Å². The summed E-state index contributed by atoms with van der Waals surface area (Å²) >= 11 is 2.05. The van der Waals surface area contributed by atoms with Gasteiger partial charge in [0.2, 0.25) is 0 Å². The average molecular weight is 238 g/mol. The molecule has 0 saturated carbocycles. The summed E-state index contributed by atoms with van der Waals surface area (Å²) in [5.74, 6) is 1.69. The Bertz CT molecular complexity index is 340. The minimum absolute atomic E-state index is 0.486. The second-order valence-corrected chi connectivity index (χ2v) is 5.70. The highest BCUT2D eigenvalue weighted by atomic mass is 32.2. The van der Waals surface area contributed by atoms with Crippen LogP contribution in [0.25, 0.3) is 0 Å². The quantitative estimate of drug-likeness (QED) is 0.843. The van der Waals surface area contributed by atoms with Gasteiger partial charge in [-0.3, -0.25) is 9.88 Å². The van der Waals surface area contributed by atoms with E-state index in [0.717, 1.165) is 18.8 Å². The van der Waals surface area contributed by atoms with Gasteiger partial charge in [0.25, 0.3) is 0 Å². The molecule has 1 aliphatic rings. The lowest BCUT2D eigenvalue weighted by Crippen LogP contribution is -2.44. The highest BCUT2D eigenvalue weighted by Gasteiger charge is 2.25. The summed E-state index contributed by atoms with van der Waals surface area (Å²) in [5, 5.41) is 0.690. The fraction of sp³-hybridized carbons (Fsp3) is 0.636. The number of nitrogens with two attached hydrogens (primary N) is 1. The SMILES string of the molecule is CC1SCCN(Cc2cnc(N)cn2)C1C. The molecule has 2 heterocycles. The first-order chi connectivity index (χ1) is 7.66. The monoisotopic (exact) mass is 238 g/mol. The summed E-state index contributed by atoms with van der Waals surface area (Å²) < 4.78 is 0. The van der Waals surface area contributed by atoms with E-state index in [4.69, 9.17) is 5.73 Å². The summed E-state index contributed by atoms with van der Waals surface area (Å²) in [6.07, 6.45) is 3.40. The Morgan fingerprint density at radius 1 is 1.44 bits per heavy atom. The Labute approximate surface area is 101 Å². The lowest BCUT2D eigenvalue weighted by molar-refractivity contribution is 0.202. The lowest BCUT2D eigenvalue weighted by Gasteiger charge is -2.37. The molecule has 2 unspecified atom stereocenters. The topological polar surface area (TPSA) is 55.0 Å². The Morgan fingerprint density at radius 3 is 2.94 bits per heavy atom. The first kappa shape index (κ1) is 11.7. The van der Waals surface area contributed by atoms with Gasteiger partial charge in [-0.25, -0.2) is 4.98 Å². The molecule has 0 aromatic carbocycles. The van der Waals surface area contributed by atoms with Gasteiger partial charge < -0.3 is 5.73 Å². The first-order valence-electron chi connectivity index (χ1n) is 5.59. The molecule has 0 amide bonds. The molecule has 0 bridgehead atoms. The van der Waals surface area contributed by atoms with E-state index in [2.05, 4.69) is 28.7 Å². The van der Waals surface area contributed by atoms with Crippen LogP contribution in [0.15, 0.2) is 12.4 Å². The van der Waals surface area contributed by atoms with Crippen LogP contribution < -0.4 is 5.73 Å². The molecule has 5 heteroatoms. The molecule has 1 aromatic heterocycles. The van der Waals surface area contributed by atoms with E-state index in [9.17, 15) is 0 Å². The van der Waals surface area contributed by atoms with Crippen molar-refractivity contribution in [3.05, 3.63) is 18.1 Å². The van der Waals surface area contributed by atoms with E-state index in [1.54, 1.807) is 12.4 Å². The Hall–Kier alpha value is -0.810. The number of anilines is 1. The Morgan fingerprint density at radius 2 is 2.25 bits per heavy atom. The number of thioether (sulfide) groups is 1. The van der Waals surface area contributed by atoms with Crippen molar-refractivity contribution in [3.63, 3.8) is 0 Å². The van der Waals surface area contributed by atoms with E-state index in [1.165, 1.54) is 5.75 Å². The smallest absolute Gasteiger partial charge is 0.141 e. The van der Waals surface area contributed by atoms with Crippen molar-refractivity contribution in [2.45, 2.75) is 31.7 Å². The zero-order valence-corrected chi connectivity index (χ0v) is 10.6. The molecule has 1 saturated heterocycles. The van der Waals surface area contributed by atoms with Gasteiger partial charge in [-0.05, 0) is 6.92 Å². The maximum absolute atomic E-state index is 5.52. The van der Waals surface area contributed by atoms with Gasteiger partial charge in [0, 0.05) is 30.1 Å². The number of aromatic nitrogens is 2. The van der Waals surface area contributed by atoms with Gasteiger partial charge in [0.1, 0.15) is 5.82 Å². The van der Waals surface area contributed by atoms with Gasteiger partial charge in [-0.1, -0.05) is 6.92 Å². The molecule has 1 aromatic rings. The van der Waals surface area contributed by atoms with Gasteiger partial charge in [-0.2, -0.15) is 11.8 Å². The summed E-state index contributed by atoms with van der Waals surface area (Å²) in [6, 6.07) is 0.595. The van der Waals surface area contributed by atoms with Crippen LogP contribution in [0.4, 0.5) is 5.82 Å². The fourth-order valence-electron chi connectivity index (χ4n) is 1.87. The van der Waals surface area contributed by atoms with E-state index in [1.807, 2.05) is 11.8 Å². The molecule has 1 fully saturated rings. The summed E-state index contributed by atoms with van der Waals surface area (Å²) in [6.45, 7) is 6.57.